The number of amides is 3. The molecule has 0 spiro atoms. The number of hydrogen-bond acceptors (Lipinski definition) is 5. The number of benzene rings is 1. The molecule has 1 aromatic carbocycles. The monoisotopic (exact) mass is 341 g/mol. The first-order valence-corrected chi connectivity index (χ1v) is 8.69. The summed E-state index contributed by atoms with van der Waals surface area (Å²) < 4.78 is 0. The van der Waals surface area contributed by atoms with Gasteiger partial charge in [0.2, 0.25) is 11.8 Å². The van der Waals surface area contributed by atoms with Crippen LogP contribution in [0.25, 0.3) is 10.6 Å². The average Bonchev–Trinajstić information content (AvgIpc) is 3.18. The van der Waals surface area contributed by atoms with Crippen LogP contribution in [0.3, 0.4) is 0 Å². The number of thiazole rings is 1. The highest BCUT2D eigenvalue weighted by molar-refractivity contribution is 7.13. The Morgan fingerprint density at radius 3 is 2.58 bits per heavy atom. The normalized spacial score (nSPS) is 20.1. The van der Waals surface area contributed by atoms with E-state index in [1.165, 1.54) is 11.3 Å². The first kappa shape index (κ1) is 15.0. The van der Waals surface area contributed by atoms with Gasteiger partial charge in [0.05, 0.1) is 6.42 Å². The lowest BCUT2D eigenvalue weighted by Gasteiger charge is -2.25. The van der Waals surface area contributed by atoms with E-state index >= 15 is 0 Å². The van der Waals surface area contributed by atoms with Crippen molar-refractivity contribution in [3.63, 3.8) is 0 Å². The fourth-order valence-electron chi connectivity index (χ4n) is 2.90. The number of nitrogens with zero attached hydrogens (tertiary/aromatic N) is 2. The fourth-order valence-corrected chi connectivity index (χ4v) is 3.70. The van der Waals surface area contributed by atoms with E-state index < -0.39 is 11.9 Å². The number of carbonyl (C=O) groups excluding carboxylic acids is 3. The molecule has 1 aromatic heterocycles. The summed E-state index contributed by atoms with van der Waals surface area (Å²) in [5.41, 5.74) is 1.28. The zero-order valence-electron chi connectivity index (χ0n) is 12.8. The topological polar surface area (TPSA) is 79.4 Å². The molecule has 1 atom stereocenters. The van der Waals surface area contributed by atoms with Gasteiger partial charge in [0, 0.05) is 17.0 Å². The molecule has 2 heterocycles. The second kappa shape index (κ2) is 5.83. The third kappa shape index (κ3) is 2.71. The molecule has 0 bridgehead atoms. The number of nitrogens with one attached hydrogen (secondary N) is 1. The molecule has 1 saturated carbocycles. The van der Waals surface area contributed by atoms with Gasteiger partial charge in [-0.15, -0.1) is 11.3 Å². The van der Waals surface area contributed by atoms with Gasteiger partial charge in [-0.05, 0) is 12.8 Å². The van der Waals surface area contributed by atoms with Gasteiger partial charge in [-0.3, -0.25) is 19.7 Å². The van der Waals surface area contributed by atoms with Gasteiger partial charge in [-0.25, -0.2) is 4.98 Å². The summed E-state index contributed by atoms with van der Waals surface area (Å²) in [5.74, 6) is -0.990. The minimum absolute atomic E-state index is 0.0287. The van der Waals surface area contributed by atoms with Gasteiger partial charge in [0.15, 0.2) is 0 Å². The maximum Gasteiger partial charge on any atom is 0.274 e. The Bertz CT molecular complexity index is 813. The minimum Gasteiger partial charge on any atom is -0.322 e. The van der Waals surface area contributed by atoms with Crippen molar-refractivity contribution in [3.8, 4) is 10.6 Å². The molecule has 0 radical (unpaired) electrons. The SMILES string of the molecule is O=C1C[C@H](N(C(=O)c2csc(-c3ccccc3)n2)C2CC2)C(=O)N1. The van der Waals surface area contributed by atoms with Crippen molar-refractivity contribution in [2.45, 2.75) is 31.3 Å². The van der Waals surface area contributed by atoms with Crippen molar-refractivity contribution in [1.82, 2.24) is 15.2 Å². The molecule has 1 aliphatic carbocycles. The number of carbonyl (C=O) groups is 3. The highest BCUT2D eigenvalue weighted by atomic mass is 32.1. The quantitative estimate of drug-likeness (QED) is 0.861. The lowest BCUT2D eigenvalue weighted by molar-refractivity contribution is -0.126. The van der Waals surface area contributed by atoms with E-state index in [2.05, 4.69) is 10.3 Å². The van der Waals surface area contributed by atoms with E-state index in [0.717, 1.165) is 23.4 Å². The van der Waals surface area contributed by atoms with Gasteiger partial charge in [0.1, 0.15) is 16.7 Å². The van der Waals surface area contributed by atoms with Gasteiger partial charge in [-0.1, -0.05) is 30.3 Å². The van der Waals surface area contributed by atoms with Crippen LogP contribution in [0.15, 0.2) is 35.7 Å². The molecule has 6 nitrogen and oxygen atoms in total. The lowest BCUT2D eigenvalue weighted by Crippen LogP contribution is -2.46. The lowest BCUT2D eigenvalue weighted by atomic mass is 10.2. The molecule has 122 valence electrons. The van der Waals surface area contributed by atoms with E-state index in [1.807, 2.05) is 30.3 Å². The van der Waals surface area contributed by atoms with Crippen LogP contribution in [0.1, 0.15) is 29.8 Å². The maximum atomic E-state index is 12.9. The number of rotatable bonds is 4. The second-order valence-electron chi connectivity index (χ2n) is 5.98. The van der Waals surface area contributed by atoms with Crippen LogP contribution in [0, 0.1) is 0 Å². The van der Waals surface area contributed by atoms with Crippen LogP contribution >= 0.6 is 11.3 Å². The molecule has 1 aliphatic heterocycles. The molecule has 2 aliphatic rings. The van der Waals surface area contributed by atoms with E-state index in [0.29, 0.717) is 5.69 Å². The third-order valence-corrected chi connectivity index (χ3v) is 5.09. The summed E-state index contributed by atoms with van der Waals surface area (Å²) in [6.07, 6.45) is 1.76. The summed E-state index contributed by atoms with van der Waals surface area (Å²) in [5, 5.41) is 4.76. The molecule has 4 rings (SSSR count). The summed E-state index contributed by atoms with van der Waals surface area (Å²) in [6, 6.07) is 8.96. The van der Waals surface area contributed by atoms with Crippen molar-refractivity contribution in [2.24, 2.45) is 0 Å². The second-order valence-corrected chi connectivity index (χ2v) is 6.84. The summed E-state index contributed by atoms with van der Waals surface area (Å²) in [7, 11) is 0. The Kier molecular flexibility index (Phi) is 3.65. The Hall–Kier alpha value is -2.54. The molecule has 0 unspecified atom stereocenters. The summed E-state index contributed by atoms with van der Waals surface area (Å²) in [6.45, 7) is 0. The zero-order chi connectivity index (χ0) is 16.7. The van der Waals surface area contributed by atoms with Crippen molar-refractivity contribution < 1.29 is 14.4 Å². The maximum absolute atomic E-state index is 12.9. The summed E-state index contributed by atoms with van der Waals surface area (Å²) >= 11 is 1.40. The summed E-state index contributed by atoms with van der Waals surface area (Å²) in [4.78, 5) is 42.3. The molecule has 24 heavy (non-hydrogen) atoms. The molecule has 2 fully saturated rings. The van der Waals surface area contributed by atoms with Crippen LogP contribution in [0.4, 0.5) is 0 Å². The Labute approximate surface area is 142 Å². The molecular weight excluding hydrogens is 326 g/mol. The zero-order valence-corrected chi connectivity index (χ0v) is 13.6. The van der Waals surface area contributed by atoms with E-state index in [4.69, 9.17) is 0 Å². The molecule has 3 amide bonds. The predicted octanol–water partition coefficient (Wildman–Crippen LogP) is 1.83. The Morgan fingerprint density at radius 2 is 1.96 bits per heavy atom. The Morgan fingerprint density at radius 1 is 1.21 bits per heavy atom. The van der Waals surface area contributed by atoms with Crippen LogP contribution < -0.4 is 5.32 Å². The highest BCUT2D eigenvalue weighted by Gasteiger charge is 2.45. The predicted molar refractivity (Wildman–Crippen MR) is 88.3 cm³/mol. The van der Waals surface area contributed by atoms with Gasteiger partial charge >= 0.3 is 0 Å². The number of imide groups is 1. The average molecular weight is 341 g/mol. The first-order chi connectivity index (χ1) is 11.6. The molecule has 1 saturated heterocycles. The third-order valence-electron chi connectivity index (χ3n) is 4.20. The number of aromatic nitrogens is 1. The van der Waals surface area contributed by atoms with Crippen LogP contribution in [-0.2, 0) is 9.59 Å². The molecular formula is C17H15N3O3S. The smallest absolute Gasteiger partial charge is 0.274 e. The first-order valence-electron chi connectivity index (χ1n) is 7.81. The Balaban J connectivity index is 1.61. The van der Waals surface area contributed by atoms with E-state index in [1.54, 1.807) is 10.3 Å². The van der Waals surface area contributed by atoms with E-state index in [9.17, 15) is 14.4 Å². The van der Waals surface area contributed by atoms with Gasteiger partial charge in [-0.2, -0.15) is 0 Å². The van der Waals surface area contributed by atoms with Gasteiger partial charge < -0.3 is 4.90 Å². The largest absolute Gasteiger partial charge is 0.322 e. The molecule has 1 N–H and O–H groups in total. The fraction of sp³-hybridized carbons (Fsp3) is 0.294. The van der Waals surface area contributed by atoms with Gasteiger partial charge in [0.25, 0.3) is 5.91 Å². The molecule has 7 heteroatoms. The van der Waals surface area contributed by atoms with E-state index in [-0.39, 0.29) is 24.3 Å². The van der Waals surface area contributed by atoms with Crippen molar-refractivity contribution in [1.29, 1.82) is 0 Å². The highest BCUT2D eigenvalue weighted by Crippen LogP contribution is 2.33. The number of hydrogen-bond donors (Lipinski definition) is 1. The van der Waals surface area contributed by atoms with Crippen LogP contribution in [0.2, 0.25) is 0 Å². The van der Waals surface area contributed by atoms with Crippen molar-refractivity contribution in [2.75, 3.05) is 0 Å². The van der Waals surface area contributed by atoms with Crippen LogP contribution in [-0.4, -0.2) is 39.7 Å². The molecule has 2 aromatic rings. The van der Waals surface area contributed by atoms with Crippen molar-refractivity contribution in [3.05, 3.63) is 41.4 Å². The van der Waals surface area contributed by atoms with Crippen LogP contribution in [0.5, 0.6) is 0 Å². The minimum atomic E-state index is -0.709. The van der Waals surface area contributed by atoms with Crippen molar-refractivity contribution >= 4 is 29.1 Å². The standard InChI is InChI=1S/C17H15N3O3S/c21-14-8-13(15(22)19-14)20(11-6-7-11)17(23)12-9-24-16(18-12)10-4-2-1-3-5-10/h1-5,9,11,13H,6-8H2,(H,19,21,22)/t13-/m0/s1.